The van der Waals surface area contributed by atoms with E-state index in [-0.39, 0.29) is 6.61 Å². The molecular formula is C24H32N4O3. The van der Waals surface area contributed by atoms with Crippen LogP contribution in [0.15, 0.2) is 67.3 Å². The minimum atomic E-state index is -0.602. The molecule has 3 aromatic rings. The van der Waals surface area contributed by atoms with Crippen LogP contribution >= 0.6 is 0 Å². The molecule has 1 atom stereocenters. The molecule has 0 bridgehead atoms. The topological polar surface area (TPSA) is 71.8 Å². The lowest BCUT2D eigenvalue weighted by atomic mass is 10.2. The van der Waals surface area contributed by atoms with E-state index < -0.39 is 6.10 Å². The zero-order chi connectivity index (χ0) is 21.9. The van der Waals surface area contributed by atoms with Crippen molar-refractivity contribution < 1.29 is 14.6 Å². The SMILES string of the molecule is COc1ccc(CNCCn2ccnc2)cc1OCC(O)CN(C)Cc1ccccc1. The molecule has 7 heteroatoms. The lowest BCUT2D eigenvalue weighted by Gasteiger charge is -2.21. The van der Waals surface area contributed by atoms with Crippen LogP contribution in [0.3, 0.4) is 0 Å². The van der Waals surface area contributed by atoms with Crippen LogP contribution in [0, 0.1) is 0 Å². The Morgan fingerprint density at radius 3 is 2.71 bits per heavy atom. The summed E-state index contributed by atoms with van der Waals surface area (Å²) >= 11 is 0. The van der Waals surface area contributed by atoms with Crippen molar-refractivity contribution in [2.45, 2.75) is 25.7 Å². The molecule has 0 aliphatic carbocycles. The van der Waals surface area contributed by atoms with E-state index in [9.17, 15) is 5.11 Å². The summed E-state index contributed by atoms with van der Waals surface area (Å²) in [5.41, 5.74) is 2.31. The number of hydrogen-bond acceptors (Lipinski definition) is 6. The third kappa shape index (κ3) is 7.71. The third-order valence-electron chi connectivity index (χ3n) is 4.91. The number of likely N-dealkylation sites (N-methyl/N-ethyl adjacent to an activating group) is 1. The smallest absolute Gasteiger partial charge is 0.161 e. The lowest BCUT2D eigenvalue weighted by molar-refractivity contribution is 0.0732. The quantitative estimate of drug-likeness (QED) is 0.411. The summed E-state index contributed by atoms with van der Waals surface area (Å²) in [5, 5.41) is 13.8. The molecule has 1 unspecified atom stereocenters. The number of aliphatic hydroxyl groups excluding tert-OH is 1. The van der Waals surface area contributed by atoms with Gasteiger partial charge in [0.15, 0.2) is 11.5 Å². The van der Waals surface area contributed by atoms with Crippen molar-refractivity contribution in [3.05, 3.63) is 78.4 Å². The number of imidazole rings is 1. The molecule has 2 aromatic carbocycles. The first-order valence-electron chi connectivity index (χ1n) is 10.5. The van der Waals surface area contributed by atoms with E-state index in [2.05, 4.69) is 27.3 Å². The first-order chi connectivity index (χ1) is 15.1. The number of methoxy groups -OCH3 is 1. The van der Waals surface area contributed by atoms with E-state index in [1.807, 2.05) is 60.5 Å². The largest absolute Gasteiger partial charge is 0.493 e. The molecule has 3 rings (SSSR count). The number of nitrogens with zero attached hydrogens (tertiary/aromatic N) is 3. The second-order valence-electron chi connectivity index (χ2n) is 7.61. The highest BCUT2D eigenvalue weighted by Crippen LogP contribution is 2.28. The first kappa shape index (κ1) is 22.8. The van der Waals surface area contributed by atoms with Gasteiger partial charge in [-0.2, -0.15) is 0 Å². The Kier molecular flexibility index (Phi) is 8.90. The van der Waals surface area contributed by atoms with Gasteiger partial charge in [0.1, 0.15) is 12.7 Å². The molecule has 1 aromatic heterocycles. The van der Waals surface area contributed by atoms with E-state index in [1.165, 1.54) is 5.56 Å². The summed E-state index contributed by atoms with van der Waals surface area (Å²) in [6, 6.07) is 16.1. The maximum absolute atomic E-state index is 10.4. The van der Waals surface area contributed by atoms with Crippen LogP contribution in [0.25, 0.3) is 0 Å². The molecule has 0 saturated heterocycles. The van der Waals surface area contributed by atoms with Crippen LogP contribution in [-0.4, -0.2) is 59.5 Å². The number of aromatic nitrogens is 2. The summed E-state index contributed by atoms with van der Waals surface area (Å²) in [7, 11) is 3.61. The molecule has 166 valence electrons. The van der Waals surface area contributed by atoms with Crippen molar-refractivity contribution in [1.29, 1.82) is 0 Å². The first-order valence-corrected chi connectivity index (χ1v) is 10.5. The monoisotopic (exact) mass is 424 g/mol. The van der Waals surface area contributed by atoms with E-state index in [0.717, 1.165) is 31.7 Å². The number of nitrogens with one attached hydrogen (secondary N) is 1. The zero-order valence-corrected chi connectivity index (χ0v) is 18.3. The summed E-state index contributed by atoms with van der Waals surface area (Å²) in [6.45, 7) is 3.92. The van der Waals surface area contributed by atoms with E-state index >= 15 is 0 Å². The fourth-order valence-corrected chi connectivity index (χ4v) is 3.36. The fraction of sp³-hybridized carbons (Fsp3) is 0.375. The minimum absolute atomic E-state index is 0.201. The zero-order valence-electron chi connectivity index (χ0n) is 18.3. The van der Waals surface area contributed by atoms with E-state index in [0.29, 0.717) is 18.0 Å². The molecule has 0 aliphatic rings. The van der Waals surface area contributed by atoms with Crippen molar-refractivity contribution in [2.24, 2.45) is 0 Å². The third-order valence-corrected chi connectivity index (χ3v) is 4.91. The van der Waals surface area contributed by atoms with E-state index in [1.54, 1.807) is 13.3 Å². The molecule has 31 heavy (non-hydrogen) atoms. The van der Waals surface area contributed by atoms with Gasteiger partial charge in [-0.1, -0.05) is 36.4 Å². The Hall–Kier alpha value is -2.87. The molecule has 0 amide bonds. The number of rotatable bonds is 13. The number of hydrogen-bond donors (Lipinski definition) is 2. The van der Waals surface area contributed by atoms with Gasteiger partial charge in [-0.15, -0.1) is 0 Å². The van der Waals surface area contributed by atoms with Gasteiger partial charge in [-0.05, 0) is 30.3 Å². The normalized spacial score (nSPS) is 12.1. The Morgan fingerprint density at radius 2 is 1.97 bits per heavy atom. The fourth-order valence-electron chi connectivity index (χ4n) is 3.36. The van der Waals surface area contributed by atoms with Crippen LogP contribution in [0.1, 0.15) is 11.1 Å². The highest BCUT2D eigenvalue weighted by molar-refractivity contribution is 5.43. The molecule has 0 saturated carbocycles. The summed E-state index contributed by atoms with van der Waals surface area (Å²) in [4.78, 5) is 6.13. The maximum Gasteiger partial charge on any atom is 0.161 e. The molecule has 0 fully saturated rings. The van der Waals surface area contributed by atoms with Crippen LogP contribution in [0.2, 0.25) is 0 Å². The minimum Gasteiger partial charge on any atom is -0.493 e. The maximum atomic E-state index is 10.4. The average molecular weight is 425 g/mol. The molecule has 0 spiro atoms. The highest BCUT2D eigenvalue weighted by atomic mass is 16.5. The Balaban J connectivity index is 1.45. The van der Waals surface area contributed by atoms with Crippen LogP contribution < -0.4 is 14.8 Å². The molecular weight excluding hydrogens is 392 g/mol. The highest BCUT2D eigenvalue weighted by Gasteiger charge is 2.12. The summed E-state index contributed by atoms with van der Waals surface area (Å²) in [6.07, 6.45) is 4.93. The van der Waals surface area contributed by atoms with Gasteiger partial charge >= 0.3 is 0 Å². The Bertz CT molecular complexity index is 887. The molecule has 2 N–H and O–H groups in total. The Labute approximate surface area is 184 Å². The standard InChI is InChI=1S/C24H32N4O3/c1-27(16-20-6-4-3-5-7-20)17-22(29)18-31-24-14-21(8-9-23(24)30-2)15-25-10-12-28-13-11-26-19-28/h3-9,11,13-14,19,22,25,29H,10,12,15-18H2,1-2H3. The second kappa shape index (κ2) is 12.1. The summed E-state index contributed by atoms with van der Waals surface area (Å²) in [5.74, 6) is 1.30. The van der Waals surface area contributed by atoms with Crippen LogP contribution in [-0.2, 0) is 19.6 Å². The van der Waals surface area contributed by atoms with Gasteiger partial charge in [0.2, 0.25) is 0 Å². The van der Waals surface area contributed by atoms with E-state index in [4.69, 9.17) is 9.47 Å². The number of ether oxygens (including phenoxy) is 2. The van der Waals surface area contributed by atoms with Gasteiger partial charge < -0.3 is 24.5 Å². The van der Waals surface area contributed by atoms with Crippen molar-refractivity contribution >= 4 is 0 Å². The molecule has 1 heterocycles. The Morgan fingerprint density at radius 1 is 1.13 bits per heavy atom. The number of benzene rings is 2. The van der Waals surface area contributed by atoms with Gasteiger partial charge in [-0.25, -0.2) is 4.98 Å². The van der Waals surface area contributed by atoms with Crippen LogP contribution in [0.5, 0.6) is 11.5 Å². The second-order valence-corrected chi connectivity index (χ2v) is 7.61. The predicted molar refractivity (Wildman–Crippen MR) is 121 cm³/mol. The average Bonchev–Trinajstić information content (AvgIpc) is 3.29. The molecule has 0 aliphatic heterocycles. The number of aliphatic hydroxyl groups is 1. The molecule has 0 radical (unpaired) electrons. The van der Waals surface area contributed by atoms with Gasteiger partial charge in [0.25, 0.3) is 0 Å². The predicted octanol–water partition coefficient (Wildman–Crippen LogP) is 2.55. The molecule has 7 nitrogen and oxygen atoms in total. The lowest BCUT2D eigenvalue weighted by Crippen LogP contribution is -2.32. The van der Waals surface area contributed by atoms with Gasteiger partial charge in [0.05, 0.1) is 13.4 Å². The van der Waals surface area contributed by atoms with Crippen LogP contribution in [0.4, 0.5) is 0 Å². The van der Waals surface area contributed by atoms with Crippen molar-refractivity contribution in [1.82, 2.24) is 19.8 Å². The van der Waals surface area contributed by atoms with Gasteiger partial charge in [-0.3, -0.25) is 4.90 Å². The van der Waals surface area contributed by atoms with Crippen molar-refractivity contribution in [3.8, 4) is 11.5 Å². The van der Waals surface area contributed by atoms with Crippen molar-refractivity contribution in [3.63, 3.8) is 0 Å². The van der Waals surface area contributed by atoms with Crippen molar-refractivity contribution in [2.75, 3.05) is 33.9 Å². The summed E-state index contributed by atoms with van der Waals surface area (Å²) < 4.78 is 13.4. The van der Waals surface area contributed by atoms with Gasteiger partial charge in [0, 0.05) is 45.1 Å².